The Morgan fingerprint density at radius 1 is 1.36 bits per heavy atom. The van der Waals surface area contributed by atoms with Crippen LogP contribution in [0.4, 0.5) is 0 Å². The van der Waals surface area contributed by atoms with Crippen molar-refractivity contribution < 1.29 is 4.79 Å². The summed E-state index contributed by atoms with van der Waals surface area (Å²) in [7, 11) is 0. The summed E-state index contributed by atoms with van der Waals surface area (Å²) in [5, 5.41) is 6.32. The molecule has 2 N–H and O–H groups in total. The predicted octanol–water partition coefficient (Wildman–Crippen LogP) is 1.43. The van der Waals surface area contributed by atoms with Crippen LogP contribution in [0.15, 0.2) is 0 Å². The van der Waals surface area contributed by atoms with Crippen LogP contribution in [-0.4, -0.2) is 24.5 Å². The molecular weight excluding hydrogens is 176 g/mol. The number of amides is 1. The molecule has 1 aliphatic carbocycles. The second-order valence-electron chi connectivity index (χ2n) is 4.14. The quantitative estimate of drug-likeness (QED) is 0.634. The Kier molecular flexibility index (Phi) is 4.39. The SMILES string of the molecule is CCNCCC(=O)NC1(CC)CCC1. The van der Waals surface area contributed by atoms with Crippen molar-refractivity contribution in [2.45, 2.75) is 51.5 Å². The molecule has 82 valence electrons. The van der Waals surface area contributed by atoms with Crippen molar-refractivity contribution in [2.75, 3.05) is 13.1 Å². The maximum Gasteiger partial charge on any atom is 0.221 e. The van der Waals surface area contributed by atoms with Crippen LogP contribution >= 0.6 is 0 Å². The lowest BCUT2D eigenvalue weighted by Crippen LogP contribution is -2.53. The third-order valence-electron chi connectivity index (χ3n) is 3.17. The molecule has 0 aromatic heterocycles. The van der Waals surface area contributed by atoms with Crippen LogP contribution in [0, 0.1) is 0 Å². The normalized spacial score (nSPS) is 18.7. The lowest BCUT2D eigenvalue weighted by Gasteiger charge is -2.42. The minimum Gasteiger partial charge on any atom is -0.351 e. The number of nitrogens with one attached hydrogen (secondary N) is 2. The second kappa shape index (κ2) is 5.35. The van der Waals surface area contributed by atoms with Crippen molar-refractivity contribution in [2.24, 2.45) is 0 Å². The molecule has 14 heavy (non-hydrogen) atoms. The average molecular weight is 198 g/mol. The van der Waals surface area contributed by atoms with Gasteiger partial charge in [0.15, 0.2) is 0 Å². The topological polar surface area (TPSA) is 41.1 Å². The number of carbonyl (C=O) groups excluding carboxylic acids is 1. The van der Waals surface area contributed by atoms with Gasteiger partial charge in [-0.15, -0.1) is 0 Å². The summed E-state index contributed by atoms with van der Waals surface area (Å²) in [6.07, 6.45) is 5.27. The second-order valence-corrected chi connectivity index (χ2v) is 4.14. The molecular formula is C11H22N2O. The highest BCUT2D eigenvalue weighted by Gasteiger charge is 2.35. The van der Waals surface area contributed by atoms with Gasteiger partial charge in [0.05, 0.1) is 0 Å². The summed E-state index contributed by atoms with van der Waals surface area (Å²) in [5.74, 6) is 0.201. The van der Waals surface area contributed by atoms with E-state index in [-0.39, 0.29) is 11.4 Å². The van der Waals surface area contributed by atoms with Gasteiger partial charge in [0, 0.05) is 18.5 Å². The predicted molar refractivity (Wildman–Crippen MR) is 58.2 cm³/mol. The Bertz CT molecular complexity index is 182. The molecule has 1 rings (SSSR count). The molecule has 0 spiro atoms. The van der Waals surface area contributed by atoms with Gasteiger partial charge in [-0.25, -0.2) is 0 Å². The molecule has 1 aliphatic rings. The number of rotatable bonds is 6. The van der Waals surface area contributed by atoms with Crippen molar-refractivity contribution in [3.05, 3.63) is 0 Å². The maximum atomic E-state index is 11.5. The molecule has 1 amide bonds. The Morgan fingerprint density at radius 3 is 2.50 bits per heavy atom. The molecule has 0 unspecified atom stereocenters. The highest BCUT2D eigenvalue weighted by Crippen LogP contribution is 2.34. The first kappa shape index (κ1) is 11.5. The Balaban J connectivity index is 2.18. The summed E-state index contributed by atoms with van der Waals surface area (Å²) in [6.45, 7) is 5.94. The molecule has 0 radical (unpaired) electrons. The molecule has 0 bridgehead atoms. The Hall–Kier alpha value is -0.570. The standard InChI is InChI=1S/C11H22N2O/c1-3-11(7-5-8-11)13-10(14)6-9-12-4-2/h12H,3-9H2,1-2H3,(H,13,14). The summed E-state index contributed by atoms with van der Waals surface area (Å²) >= 11 is 0. The monoisotopic (exact) mass is 198 g/mol. The average Bonchev–Trinajstić information content (AvgIpc) is 2.12. The van der Waals surface area contributed by atoms with Gasteiger partial charge in [-0.1, -0.05) is 13.8 Å². The van der Waals surface area contributed by atoms with Crippen LogP contribution in [0.5, 0.6) is 0 Å². The van der Waals surface area contributed by atoms with E-state index in [1.54, 1.807) is 0 Å². The van der Waals surface area contributed by atoms with Crippen molar-refractivity contribution in [1.29, 1.82) is 0 Å². The first-order chi connectivity index (χ1) is 6.72. The van der Waals surface area contributed by atoms with E-state index < -0.39 is 0 Å². The summed E-state index contributed by atoms with van der Waals surface area (Å²) < 4.78 is 0. The van der Waals surface area contributed by atoms with Crippen LogP contribution in [0.3, 0.4) is 0 Å². The lowest BCUT2D eigenvalue weighted by atomic mass is 9.75. The lowest BCUT2D eigenvalue weighted by molar-refractivity contribution is -0.124. The molecule has 1 saturated carbocycles. The van der Waals surface area contributed by atoms with Gasteiger partial charge >= 0.3 is 0 Å². The summed E-state index contributed by atoms with van der Waals surface area (Å²) in [5.41, 5.74) is 0.156. The van der Waals surface area contributed by atoms with Gasteiger partial charge in [0.1, 0.15) is 0 Å². The minimum atomic E-state index is 0.156. The van der Waals surface area contributed by atoms with E-state index in [1.165, 1.54) is 6.42 Å². The fourth-order valence-electron chi connectivity index (χ4n) is 1.91. The number of hydrogen-bond donors (Lipinski definition) is 2. The molecule has 0 saturated heterocycles. The third-order valence-corrected chi connectivity index (χ3v) is 3.17. The van der Waals surface area contributed by atoms with E-state index in [1.807, 2.05) is 0 Å². The van der Waals surface area contributed by atoms with E-state index in [0.717, 1.165) is 32.4 Å². The van der Waals surface area contributed by atoms with Crippen LogP contribution in [0.2, 0.25) is 0 Å². The zero-order valence-corrected chi connectivity index (χ0v) is 9.36. The molecule has 0 heterocycles. The molecule has 0 aromatic carbocycles. The molecule has 1 fully saturated rings. The summed E-state index contributed by atoms with van der Waals surface area (Å²) in [6, 6.07) is 0. The molecule has 0 atom stereocenters. The molecule has 3 nitrogen and oxygen atoms in total. The van der Waals surface area contributed by atoms with E-state index in [2.05, 4.69) is 24.5 Å². The van der Waals surface area contributed by atoms with E-state index in [4.69, 9.17) is 0 Å². The van der Waals surface area contributed by atoms with Crippen molar-refractivity contribution in [3.63, 3.8) is 0 Å². The van der Waals surface area contributed by atoms with Crippen molar-refractivity contribution >= 4 is 5.91 Å². The smallest absolute Gasteiger partial charge is 0.221 e. The number of carbonyl (C=O) groups is 1. The summed E-state index contributed by atoms with van der Waals surface area (Å²) in [4.78, 5) is 11.5. The zero-order valence-electron chi connectivity index (χ0n) is 9.36. The highest BCUT2D eigenvalue weighted by atomic mass is 16.1. The van der Waals surface area contributed by atoms with Crippen LogP contribution in [0.1, 0.15) is 46.0 Å². The molecule has 3 heteroatoms. The van der Waals surface area contributed by atoms with Gasteiger partial charge in [-0.3, -0.25) is 4.79 Å². The van der Waals surface area contributed by atoms with E-state index in [0.29, 0.717) is 6.42 Å². The maximum absolute atomic E-state index is 11.5. The first-order valence-electron chi connectivity index (χ1n) is 5.74. The Morgan fingerprint density at radius 2 is 2.07 bits per heavy atom. The molecule has 0 aromatic rings. The number of hydrogen-bond acceptors (Lipinski definition) is 2. The van der Waals surface area contributed by atoms with Crippen LogP contribution in [-0.2, 0) is 4.79 Å². The van der Waals surface area contributed by atoms with Gasteiger partial charge in [0.25, 0.3) is 0 Å². The van der Waals surface area contributed by atoms with Gasteiger partial charge in [-0.2, -0.15) is 0 Å². The van der Waals surface area contributed by atoms with Crippen LogP contribution in [0.25, 0.3) is 0 Å². The van der Waals surface area contributed by atoms with Crippen molar-refractivity contribution in [3.8, 4) is 0 Å². The van der Waals surface area contributed by atoms with Gasteiger partial charge < -0.3 is 10.6 Å². The first-order valence-corrected chi connectivity index (χ1v) is 5.74. The highest BCUT2D eigenvalue weighted by molar-refractivity contribution is 5.77. The fourth-order valence-corrected chi connectivity index (χ4v) is 1.91. The molecule has 0 aliphatic heterocycles. The fraction of sp³-hybridized carbons (Fsp3) is 0.909. The van der Waals surface area contributed by atoms with Gasteiger partial charge in [0.2, 0.25) is 5.91 Å². The van der Waals surface area contributed by atoms with Gasteiger partial charge in [-0.05, 0) is 32.2 Å². The zero-order chi connectivity index (χ0) is 10.4. The Labute approximate surface area is 86.6 Å². The van der Waals surface area contributed by atoms with E-state index in [9.17, 15) is 4.79 Å². The minimum absolute atomic E-state index is 0.156. The van der Waals surface area contributed by atoms with Crippen LogP contribution < -0.4 is 10.6 Å². The van der Waals surface area contributed by atoms with E-state index >= 15 is 0 Å². The third kappa shape index (κ3) is 2.98. The van der Waals surface area contributed by atoms with Crippen molar-refractivity contribution in [1.82, 2.24) is 10.6 Å². The largest absolute Gasteiger partial charge is 0.351 e.